The molecule has 0 aliphatic carbocycles. The molecule has 18 heavy (non-hydrogen) atoms. The summed E-state index contributed by atoms with van der Waals surface area (Å²) in [5.41, 5.74) is -0.317. The zero-order chi connectivity index (χ0) is 13.6. The van der Waals surface area contributed by atoms with E-state index in [4.69, 9.17) is 0 Å². The SMILES string of the molecule is CCCC(CCC)(Nc1ccc(F)cc1)C(=O)O. The molecule has 0 radical (unpaired) electrons. The van der Waals surface area contributed by atoms with Gasteiger partial charge in [-0.1, -0.05) is 26.7 Å². The van der Waals surface area contributed by atoms with Crippen molar-refractivity contribution in [3.63, 3.8) is 0 Å². The van der Waals surface area contributed by atoms with Gasteiger partial charge >= 0.3 is 5.97 Å². The number of anilines is 1. The van der Waals surface area contributed by atoms with Gasteiger partial charge in [-0.3, -0.25) is 0 Å². The van der Waals surface area contributed by atoms with Crippen molar-refractivity contribution in [3.05, 3.63) is 30.1 Å². The van der Waals surface area contributed by atoms with E-state index >= 15 is 0 Å². The Morgan fingerprint density at radius 2 is 1.72 bits per heavy atom. The fourth-order valence-corrected chi connectivity index (χ4v) is 2.18. The number of carboxylic acid groups (broad SMARTS) is 1. The molecule has 0 heterocycles. The lowest BCUT2D eigenvalue weighted by molar-refractivity contribution is -0.142. The van der Waals surface area contributed by atoms with Gasteiger partial charge in [0.1, 0.15) is 11.4 Å². The van der Waals surface area contributed by atoms with Crippen molar-refractivity contribution in [2.24, 2.45) is 0 Å². The summed E-state index contributed by atoms with van der Waals surface area (Å²) in [5.74, 6) is -1.18. The first kappa shape index (κ1) is 14.5. The van der Waals surface area contributed by atoms with E-state index in [1.807, 2.05) is 13.8 Å². The number of benzene rings is 1. The van der Waals surface area contributed by atoms with Crippen LogP contribution in [0.1, 0.15) is 39.5 Å². The molecule has 1 aromatic rings. The number of nitrogens with one attached hydrogen (secondary N) is 1. The number of hydrogen-bond acceptors (Lipinski definition) is 2. The zero-order valence-corrected chi connectivity index (χ0v) is 10.9. The molecule has 0 spiro atoms. The summed E-state index contributed by atoms with van der Waals surface area (Å²) in [4.78, 5) is 11.5. The molecule has 2 N–H and O–H groups in total. The van der Waals surface area contributed by atoms with Gasteiger partial charge in [0.2, 0.25) is 0 Å². The highest BCUT2D eigenvalue weighted by Gasteiger charge is 2.36. The van der Waals surface area contributed by atoms with Crippen LogP contribution in [0.2, 0.25) is 0 Å². The van der Waals surface area contributed by atoms with Crippen LogP contribution in [-0.2, 0) is 4.79 Å². The predicted octanol–water partition coefficient (Wildman–Crippen LogP) is 3.66. The van der Waals surface area contributed by atoms with Gasteiger partial charge in [-0.15, -0.1) is 0 Å². The fraction of sp³-hybridized carbons (Fsp3) is 0.500. The van der Waals surface area contributed by atoms with Crippen molar-refractivity contribution < 1.29 is 14.3 Å². The quantitative estimate of drug-likeness (QED) is 0.779. The molecule has 0 unspecified atom stereocenters. The average molecular weight is 253 g/mol. The van der Waals surface area contributed by atoms with Gasteiger partial charge < -0.3 is 10.4 Å². The Bertz CT molecular complexity index is 383. The third kappa shape index (κ3) is 3.45. The number of hydrogen-bond donors (Lipinski definition) is 2. The maximum absolute atomic E-state index is 12.8. The summed E-state index contributed by atoms with van der Waals surface area (Å²) in [5, 5.41) is 12.5. The number of carbonyl (C=O) groups is 1. The zero-order valence-electron chi connectivity index (χ0n) is 10.9. The number of halogens is 1. The smallest absolute Gasteiger partial charge is 0.329 e. The van der Waals surface area contributed by atoms with E-state index < -0.39 is 11.5 Å². The van der Waals surface area contributed by atoms with Crippen LogP contribution in [0.25, 0.3) is 0 Å². The summed E-state index contributed by atoms with van der Waals surface area (Å²) in [6.45, 7) is 3.92. The summed E-state index contributed by atoms with van der Waals surface area (Å²) >= 11 is 0. The van der Waals surface area contributed by atoms with Crippen LogP contribution in [0.15, 0.2) is 24.3 Å². The monoisotopic (exact) mass is 253 g/mol. The van der Waals surface area contributed by atoms with E-state index in [0.717, 1.165) is 12.8 Å². The van der Waals surface area contributed by atoms with Crippen molar-refractivity contribution in [3.8, 4) is 0 Å². The molecule has 0 amide bonds. The predicted molar refractivity (Wildman–Crippen MR) is 70.2 cm³/mol. The Balaban J connectivity index is 2.95. The average Bonchev–Trinajstić information content (AvgIpc) is 2.32. The highest BCUT2D eigenvalue weighted by Crippen LogP contribution is 2.26. The molecule has 0 saturated heterocycles. The third-order valence-electron chi connectivity index (χ3n) is 2.99. The highest BCUT2D eigenvalue weighted by atomic mass is 19.1. The van der Waals surface area contributed by atoms with Gasteiger partial charge in [0.15, 0.2) is 0 Å². The molecular formula is C14H20FNO2. The van der Waals surface area contributed by atoms with Crippen LogP contribution in [0.3, 0.4) is 0 Å². The maximum atomic E-state index is 12.8. The van der Waals surface area contributed by atoms with Crippen molar-refractivity contribution in [2.75, 3.05) is 5.32 Å². The van der Waals surface area contributed by atoms with Crippen LogP contribution in [-0.4, -0.2) is 16.6 Å². The lowest BCUT2D eigenvalue weighted by Crippen LogP contribution is -2.46. The molecule has 0 aromatic heterocycles. The Morgan fingerprint density at radius 3 is 2.11 bits per heavy atom. The number of carboxylic acids is 1. The van der Waals surface area contributed by atoms with Gasteiger partial charge in [0, 0.05) is 5.69 Å². The Morgan fingerprint density at radius 1 is 1.22 bits per heavy atom. The second-order valence-corrected chi connectivity index (χ2v) is 4.52. The Hall–Kier alpha value is -1.58. The molecular weight excluding hydrogens is 233 g/mol. The highest BCUT2D eigenvalue weighted by molar-refractivity contribution is 5.82. The Kier molecular flexibility index (Phi) is 5.13. The van der Waals surface area contributed by atoms with Gasteiger partial charge in [-0.2, -0.15) is 0 Å². The van der Waals surface area contributed by atoms with Crippen LogP contribution < -0.4 is 5.32 Å². The van der Waals surface area contributed by atoms with E-state index in [1.54, 1.807) is 12.1 Å². The van der Waals surface area contributed by atoms with Gasteiger partial charge in [-0.05, 0) is 37.1 Å². The van der Waals surface area contributed by atoms with Crippen LogP contribution in [0.4, 0.5) is 10.1 Å². The molecule has 1 aromatic carbocycles. The minimum atomic E-state index is -0.957. The first-order valence-corrected chi connectivity index (χ1v) is 6.31. The third-order valence-corrected chi connectivity index (χ3v) is 2.99. The van der Waals surface area contributed by atoms with E-state index in [1.165, 1.54) is 12.1 Å². The second-order valence-electron chi connectivity index (χ2n) is 4.52. The first-order chi connectivity index (χ1) is 8.54. The first-order valence-electron chi connectivity index (χ1n) is 6.31. The molecule has 1 rings (SSSR count). The molecule has 0 atom stereocenters. The van der Waals surface area contributed by atoms with Crippen molar-refractivity contribution in [1.29, 1.82) is 0 Å². The second kappa shape index (κ2) is 6.38. The maximum Gasteiger partial charge on any atom is 0.329 e. The van der Waals surface area contributed by atoms with Crippen LogP contribution in [0, 0.1) is 5.82 Å². The van der Waals surface area contributed by atoms with Crippen molar-refractivity contribution in [1.82, 2.24) is 0 Å². The van der Waals surface area contributed by atoms with E-state index in [-0.39, 0.29) is 5.82 Å². The molecule has 0 aliphatic heterocycles. The molecule has 100 valence electrons. The standard InChI is InChI=1S/C14H20FNO2/c1-3-9-14(10-4-2,13(17)18)16-12-7-5-11(15)6-8-12/h5-8,16H,3-4,9-10H2,1-2H3,(H,17,18). The lowest BCUT2D eigenvalue weighted by atomic mass is 9.88. The largest absolute Gasteiger partial charge is 0.480 e. The van der Waals surface area contributed by atoms with Crippen molar-refractivity contribution >= 4 is 11.7 Å². The molecule has 0 bridgehead atoms. The van der Waals surface area contributed by atoms with Crippen molar-refractivity contribution in [2.45, 2.75) is 45.1 Å². The summed E-state index contributed by atoms with van der Waals surface area (Å²) < 4.78 is 12.8. The number of rotatable bonds is 7. The minimum absolute atomic E-state index is 0.326. The molecule has 0 aliphatic rings. The molecule has 3 nitrogen and oxygen atoms in total. The number of aliphatic carboxylic acids is 1. The van der Waals surface area contributed by atoms with Gasteiger partial charge in [-0.25, -0.2) is 9.18 Å². The fourth-order valence-electron chi connectivity index (χ4n) is 2.18. The molecule has 0 saturated carbocycles. The minimum Gasteiger partial charge on any atom is -0.480 e. The Labute approximate surface area is 107 Å². The van der Waals surface area contributed by atoms with Gasteiger partial charge in [0.25, 0.3) is 0 Å². The topological polar surface area (TPSA) is 49.3 Å². The van der Waals surface area contributed by atoms with Gasteiger partial charge in [0.05, 0.1) is 0 Å². The normalized spacial score (nSPS) is 11.3. The lowest BCUT2D eigenvalue weighted by Gasteiger charge is -2.31. The summed E-state index contributed by atoms with van der Waals surface area (Å²) in [7, 11) is 0. The van der Waals surface area contributed by atoms with E-state index in [0.29, 0.717) is 18.5 Å². The molecule has 0 fully saturated rings. The van der Waals surface area contributed by atoms with Crippen LogP contribution >= 0.6 is 0 Å². The van der Waals surface area contributed by atoms with E-state index in [9.17, 15) is 14.3 Å². The summed E-state index contributed by atoms with van der Waals surface area (Å²) in [6.07, 6.45) is 2.65. The van der Waals surface area contributed by atoms with E-state index in [2.05, 4.69) is 5.32 Å². The van der Waals surface area contributed by atoms with Crippen LogP contribution in [0.5, 0.6) is 0 Å². The molecule has 4 heteroatoms. The summed E-state index contributed by atoms with van der Waals surface area (Å²) in [6, 6.07) is 5.79.